The predicted octanol–water partition coefficient (Wildman–Crippen LogP) is 3.56. The molecule has 0 aliphatic heterocycles. The second kappa shape index (κ2) is 11.7. The summed E-state index contributed by atoms with van der Waals surface area (Å²) in [6.45, 7) is 0.979. The van der Waals surface area contributed by atoms with Crippen molar-refractivity contribution in [2.24, 2.45) is 5.73 Å². The van der Waals surface area contributed by atoms with Crippen LogP contribution in [0.5, 0.6) is 0 Å². The number of carbonyl (C=O) groups is 2. The van der Waals surface area contributed by atoms with Crippen LogP contribution in [0.2, 0.25) is 0 Å². The van der Waals surface area contributed by atoms with Gasteiger partial charge in [0.15, 0.2) is 0 Å². The van der Waals surface area contributed by atoms with Crippen molar-refractivity contribution in [2.75, 3.05) is 18.4 Å². The Bertz CT molecular complexity index is 595. The number of benzene rings is 1. The molecule has 0 unspecified atom stereocenters. The van der Waals surface area contributed by atoms with Crippen molar-refractivity contribution in [1.82, 2.24) is 5.32 Å². The van der Waals surface area contributed by atoms with Crippen LogP contribution in [-0.2, 0) is 4.79 Å². The molecular weight excluding hydrogens is 371 g/mol. The fraction of sp³-hybridized carbons (Fsp3) is 0.529. The van der Waals surface area contributed by atoms with Crippen LogP contribution in [-0.4, -0.2) is 31.1 Å². The van der Waals surface area contributed by atoms with Crippen LogP contribution in [0.1, 0.15) is 48.0 Å². The largest absolute Gasteiger partial charge is 0.405 e. The number of hydrogen-bond acceptors (Lipinski definition) is 3. The van der Waals surface area contributed by atoms with Crippen molar-refractivity contribution in [3.8, 4) is 0 Å². The molecule has 0 saturated carbocycles. The molecule has 9 heteroatoms. The molecule has 26 heavy (non-hydrogen) atoms. The lowest BCUT2D eigenvalue weighted by molar-refractivity contribution is -0.123. The number of alkyl halides is 3. The van der Waals surface area contributed by atoms with E-state index in [4.69, 9.17) is 5.73 Å². The fourth-order valence-electron chi connectivity index (χ4n) is 2.18. The van der Waals surface area contributed by atoms with E-state index in [1.54, 1.807) is 18.3 Å². The van der Waals surface area contributed by atoms with E-state index in [2.05, 4.69) is 5.32 Å². The van der Waals surface area contributed by atoms with E-state index < -0.39 is 18.6 Å². The highest BCUT2D eigenvalue weighted by atomic mass is 35.5. The van der Waals surface area contributed by atoms with E-state index in [1.807, 2.05) is 0 Å². The van der Waals surface area contributed by atoms with Crippen LogP contribution in [0, 0.1) is 6.92 Å². The second-order valence-electron chi connectivity index (χ2n) is 5.83. The van der Waals surface area contributed by atoms with Gasteiger partial charge in [-0.05, 0) is 44.0 Å². The molecule has 0 radical (unpaired) electrons. The number of unbranched alkanes of at least 4 members (excludes halogenated alkanes) is 3. The molecule has 4 N–H and O–H groups in total. The summed E-state index contributed by atoms with van der Waals surface area (Å²) in [7, 11) is 0. The molecule has 0 aromatic heterocycles. The van der Waals surface area contributed by atoms with Crippen molar-refractivity contribution in [3.63, 3.8) is 0 Å². The van der Waals surface area contributed by atoms with Gasteiger partial charge in [0.2, 0.25) is 5.91 Å². The first-order valence-corrected chi connectivity index (χ1v) is 8.18. The van der Waals surface area contributed by atoms with Gasteiger partial charge in [0.05, 0.1) is 0 Å². The highest BCUT2D eigenvalue weighted by molar-refractivity contribution is 5.97. The standard InChI is InChI=1S/C17H24F3N3O2.ClH/c1-12-7-8-13(16(25)22-11-17(18,19)20)10-14(12)23-15(24)6-4-2-3-5-9-21;/h7-8,10H,2-6,9,11,21H2,1H3,(H,22,25)(H,23,24);1H. The summed E-state index contributed by atoms with van der Waals surface area (Å²) in [5.74, 6) is -1.03. The van der Waals surface area contributed by atoms with Crippen LogP contribution in [0.25, 0.3) is 0 Å². The van der Waals surface area contributed by atoms with Gasteiger partial charge in [-0.3, -0.25) is 9.59 Å². The van der Waals surface area contributed by atoms with Gasteiger partial charge in [-0.25, -0.2) is 0 Å². The summed E-state index contributed by atoms with van der Waals surface area (Å²) < 4.78 is 36.5. The second-order valence-corrected chi connectivity index (χ2v) is 5.83. The predicted molar refractivity (Wildman–Crippen MR) is 97.6 cm³/mol. The molecule has 1 aromatic carbocycles. The Kier molecular flexibility index (Phi) is 10.9. The van der Waals surface area contributed by atoms with E-state index in [1.165, 1.54) is 12.1 Å². The maximum absolute atomic E-state index is 12.2. The van der Waals surface area contributed by atoms with Crippen molar-refractivity contribution < 1.29 is 22.8 Å². The van der Waals surface area contributed by atoms with E-state index in [0.717, 1.165) is 31.2 Å². The first-order chi connectivity index (χ1) is 11.7. The summed E-state index contributed by atoms with van der Waals surface area (Å²) in [5.41, 5.74) is 6.61. The SMILES string of the molecule is Cc1ccc(C(=O)NCC(F)(F)F)cc1NC(=O)CCCCCCN.Cl. The number of aryl methyl sites for hydroxylation is 1. The molecule has 0 spiro atoms. The van der Waals surface area contributed by atoms with Gasteiger partial charge in [-0.15, -0.1) is 12.4 Å². The summed E-state index contributed by atoms with van der Waals surface area (Å²) in [5, 5.41) is 4.51. The Hall–Kier alpha value is -1.80. The van der Waals surface area contributed by atoms with Gasteiger partial charge in [0, 0.05) is 17.7 Å². The number of anilines is 1. The van der Waals surface area contributed by atoms with Crippen molar-refractivity contribution in [1.29, 1.82) is 0 Å². The molecule has 5 nitrogen and oxygen atoms in total. The highest BCUT2D eigenvalue weighted by Crippen LogP contribution is 2.18. The molecule has 0 aliphatic carbocycles. The number of nitrogens with one attached hydrogen (secondary N) is 2. The first-order valence-electron chi connectivity index (χ1n) is 8.18. The normalized spacial score (nSPS) is 10.8. The quantitative estimate of drug-likeness (QED) is 0.559. The third kappa shape index (κ3) is 9.62. The van der Waals surface area contributed by atoms with Crippen molar-refractivity contribution in [3.05, 3.63) is 29.3 Å². The Morgan fingerprint density at radius 1 is 1.12 bits per heavy atom. The van der Waals surface area contributed by atoms with Crippen LogP contribution >= 0.6 is 12.4 Å². The molecule has 148 valence electrons. The lowest BCUT2D eigenvalue weighted by Crippen LogP contribution is -2.33. The molecule has 0 aliphatic rings. The molecule has 0 saturated heterocycles. The van der Waals surface area contributed by atoms with Crippen LogP contribution in [0.4, 0.5) is 18.9 Å². The number of amides is 2. The van der Waals surface area contributed by atoms with Gasteiger partial charge in [0.25, 0.3) is 5.91 Å². The van der Waals surface area contributed by atoms with Crippen molar-refractivity contribution >= 4 is 29.9 Å². The minimum absolute atomic E-state index is 0. The lowest BCUT2D eigenvalue weighted by Gasteiger charge is -2.12. The number of hydrogen-bond donors (Lipinski definition) is 3. The van der Waals surface area contributed by atoms with Crippen molar-refractivity contribution in [2.45, 2.75) is 45.2 Å². The highest BCUT2D eigenvalue weighted by Gasteiger charge is 2.28. The van der Waals surface area contributed by atoms with Gasteiger partial charge in [-0.2, -0.15) is 13.2 Å². The number of carbonyl (C=O) groups excluding carboxylic acids is 2. The summed E-state index contributed by atoms with van der Waals surface area (Å²) in [6.07, 6.45) is -0.594. The summed E-state index contributed by atoms with van der Waals surface area (Å²) >= 11 is 0. The first kappa shape index (κ1) is 24.2. The number of rotatable bonds is 9. The fourth-order valence-corrected chi connectivity index (χ4v) is 2.18. The average Bonchev–Trinajstić information content (AvgIpc) is 2.53. The third-order valence-corrected chi connectivity index (χ3v) is 3.58. The van der Waals surface area contributed by atoms with E-state index in [-0.39, 0.29) is 23.9 Å². The van der Waals surface area contributed by atoms with Gasteiger partial charge in [0.1, 0.15) is 6.54 Å². The Balaban J connectivity index is 0.00000625. The summed E-state index contributed by atoms with van der Waals surface area (Å²) in [4.78, 5) is 23.7. The third-order valence-electron chi connectivity index (χ3n) is 3.58. The lowest BCUT2D eigenvalue weighted by atomic mass is 10.1. The maximum Gasteiger partial charge on any atom is 0.405 e. The zero-order valence-corrected chi connectivity index (χ0v) is 15.4. The minimum Gasteiger partial charge on any atom is -0.343 e. The maximum atomic E-state index is 12.2. The molecule has 0 atom stereocenters. The number of nitrogens with two attached hydrogens (primary N) is 1. The van der Waals surface area contributed by atoms with Gasteiger partial charge >= 0.3 is 6.18 Å². The monoisotopic (exact) mass is 395 g/mol. The molecular formula is C17H25ClF3N3O2. The average molecular weight is 396 g/mol. The molecule has 1 aromatic rings. The zero-order valence-electron chi connectivity index (χ0n) is 14.6. The van der Waals surface area contributed by atoms with Crippen LogP contribution in [0.3, 0.4) is 0 Å². The van der Waals surface area contributed by atoms with E-state index >= 15 is 0 Å². The Morgan fingerprint density at radius 3 is 2.38 bits per heavy atom. The molecule has 0 bridgehead atoms. The smallest absolute Gasteiger partial charge is 0.343 e. The van der Waals surface area contributed by atoms with Crippen LogP contribution in [0.15, 0.2) is 18.2 Å². The van der Waals surface area contributed by atoms with Gasteiger partial charge in [-0.1, -0.05) is 18.9 Å². The van der Waals surface area contributed by atoms with E-state index in [0.29, 0.717) is 18.7 Å². The molecule has 0 fully saturated rings. The topological polar surface area (TPSA) is 84.2 Å². The van der Waals surface area contributed by atoms with E-state index in [9.17, 15) is 22.8 Å². The zero-order chi connectivity index (χ0) is 18.9. The number of halogens is 4. The summed E-state index contributed by atoms with van der Waals surface area (Å²) in [6, 6.07) is 4.39. The Morgan fingerprint density at radius 2 is 1.77 bits per heavy atom. The molecule has 1 rings (SSSR count). The van der Waals surface area contributed by atoms with Gasteiger partial charge < -0.3 is 16.4 Å². The minimum atomic E-state index is -4.47. The van der Waals surface area contributed by atoms with Crippen LogP contribution < -0.4 is 16.4 Å². The molecule has 2 amide bonds. The Labute approximate surface area is 157 Å². The molecule has 0 heterocycles.